The summed E-state index contributed by atoms with van der Waals surface area (Å²) in [6.07, 6.45) is 5.27. The van der Waals surface area contributed by atoms with Crippen molar-refractivity contribution in [3.05, 3.63) is 41.6 Å². The normalized spacial score (nSPS) is 23.6. The van der Waals surface area contributed by atoms with Crippen LogP contribution >= 0.6 is 0 Å². The number of rotatable bonds is 4. The van der Waals surface area contributed by atoms with Crippen molar-refractivity contribution in [2.75, 3.05) is 6.54 Å². The van der Waals surface area contributed by atoms with Gasteiger partial charge in [0.1, 0.15) is 11.5 Å². The molecule has 1 saturated heterocycles. The SMILES string of the molecule is Cc1ccc(CN2CC[C@H](O)[C@H]2Cc2cnn(C)c2)o1. The van der Waals surface area contributed by atoms with Crippen LogP contribution in [-0.2, 0) is 20.0 Å². The Morgan fingerprint density at radius 1 is 1.45 bits per heavy atom. The Morgan fingerprint density at radius 2 is 2.30 bits per heavy atom. The number of aliphatic hydroxyl groups is 1. The predicted molar refractivity (Wildman–Crippen MR) is 75.2 cm³/mol. The fourth-order valence-electron chi connectivity index (χ4n) is 2.95. The molecule has 5 heteroatoms. The molecule has 0 aromatic carbocycles. The smallest absolute Gasteiger partial charge is 0.118 e. The molecule has 108 valence electrons. The van der Waals surface area contributed by atoms with E-state index >= 15 is 0 Å². The molecule has 0 aliphatic carbocycles. The number of hydrogen-bond acceptors (Lipinski definition) is 4. The summed E-state index contributed by atoms with van der Waals surface area (Å²) >= 11 is 0. The van der Waals surface area contributed by atoms with Gasteiger partial charge in [-0.1, -0.05) is 0 Å². The highest BCUT2D eigenvalue weighted by Crippen LogP contribution is 2.24. The van der Waals surface area contributed by atoms with Crippen LogP contribution in [0.5, 0.6) is 0 Å². The largest absolute Gasteiger partial charge is 0.465 e. The van der Waals surface area contributed by atoms with Crippen LogP contribution in [-0.4, -0.2) is 38.5 Å². The third-order valence-electron chi connectivity index (χ3n) is 3.98. The molecule has 3 rings (SSSR count). The van der Waals surface area contributed by atoms with Gasteiger partial charge in [0, 0.05) is 25.8 Å². The molecule has 1 N–H and O–H groups in total. The number of furan rings is 1. The quantitative estimate of drug-likeness (QED) is 0.918. The second kappa shape index (κ2) is 5.42. The van der Waals surface area contributed by atoms with Gasteiger partial charge in [-0.2, -0.15) is 5.10 Å². The summed E-state index contributed by atoms with van der Waals surface area (Å²) < 4.78 is 7.45. The number of hydrogen-bond donors (Lipinski definition) is 1. The lowest BCUT2D eigenvalue weighted by molar-refractivity contribution is 0.108. The Morgan fingerprint density at radius 3 is 2.95 bits per heavy atom. The maximum absolute atomic E-state index is 10.2. The molecule has 20 heavy (non-hydrogen) atoms. The van der Waals surface area contributed by atoms with Gasteiger partial charge in [-0.25, -0.2) is 0 Å². The summed E-state index contributed by atoms with van der Waals surface area (Å²) in [5.74, 6) is 1.90. The Bertz CT molecular complexity index is 575. The van der Waals surface area contributed by atoms with Crippen LogP contribution in [0.1, 0.15) is 23.5 Å². The van der Waals surface area contributed by atoms with Gasteiger partial charge in [0.2, 0.25) is 0 Å². The summed E-state index contributed by atoms with van der Waals surface area (Å²) in [4.78, 5) is 2.30. The van der Waals surface area contributed by atoms with Crippen LogP contribution in [0.2, 0.25) is 0 Å². The molecule has 5 nitrogen and oxygen atoms in total. The van der Waals surface area contributed by atoms with Gasteiger partial charge in [-0.15, -0.1) is 0 Å². The molecule has 2 aromatic heterocycles. The van der Waals surface area contributed by atoms with E-state index in [2.05, 4.69) is 10.00 Å². The molecule has 0 spiro atoms. The van der Waals surface area contributed by atoms with E-state index < -0.39 is 0 Å². The molecular formula is C15H21N3O2. The Kier molecular flexibility index (Phi) is 3.63. The molecule has 1 fully saturated rings. The maximum Gasteiger partial charge on any atom is 0.118 e. The van der Waals surface area contributed by atoms with Crippen molar-refractivity contribution in [1.82, 2.24) is 14.7 Å². The highest BCUT2D eigenvalue weighted by molar-refractivity contribution is 5.10. The number of aromatic nitrogens is 2. The van der Waals surface area contributed by atoms with E-state index in [0.29, 0.717) is 0 Å². The van der Waals surface area contributed by atoms with Gasteiger partial charge < -0.3 is 9.52 Å². The van der Waals surface area contributed by atoms with Crippen LogP contribution in [0, 0.1) is 6.92 Å². The predicted octanol–water partition coefficient (Wildman–Crippen LogP) is 1.50. The Labute approximate surface area is 118 Å². The Hall–Kier alpha value is -1.59. The third kappa shape index (κ3) is 2.78. The Balaban J connectivity index is 1.69. The lowest BCUT2D eigenvalue weighted by Crippen LogP contribution is -2.36. The van der Waals surface area contributed by atoms with Crippen LogP contribution in [0.25, 0.3) is 0 Å². The van der Waals surface area contributed by atoms with E-state index in [0.717, 1.165) is 37.5 Å². The van der Waals surface area contributed by atoms with E-state index in [1.54, 1.807) is 4.68 Å². The van der Waals surface area contributed by atoms with Crippen molar-refractivity contribution in [3.63, 3.8) is 0 Å². The molecule has 3 heterocycles. The zero-order chi connectivity index (χ0) is 14.1. The minimum Gasteiger partial charge on any atom is -0.465 e. The molecule has 0 amide bonds. The van der Waals surface area contributed by atoms with Gasteiger partial charge in [-0.3, -0.25) is 9.58 Å². The van der Waals surface area contributed by atoms with E-state index in [9.17, 15) is 5.11 Å². The van der Waals surface area contributed by atoms with E-state index in [1.807, 2.05) is 38.5 Å². The van der Waals surface area contributed by atoms with Crippen LogP contribution in [0.3, 0.4) is 0 Å². The zero-order valence-corrected chi connectivity index (χ0v) is 12.0. The zero-order valence-electron chi connectivity index (χ0n) is 12.0. The van der Waals surface area contributed by atoms with E-state index in [-0.39, 0.29) is 12.1 Å². The number of nitrogens with zero attached hydrogens (tertiary/aromatic N) is 3. The molecule has 1 aliphatic heterocycles. The summed E-state index contributed by atoms with van der Waals surface area (Å²) in [6.45, 7) is 3.62. The van der Waals surface area contributed by atoms with Gasteiger partial charge >= 0.3 is 0 Å². The minimum absolute atomic E-state index is 0.143. The molecule has 0 saturated carbocycles. The first-order valence-electron chi connectivity index (χ1n) is 7.07. The fraction of sp³-hybridized carbons (Fsp3) is 0.533. The summed E-state index contributed by atoms with van der Waals surface area (Å²) in [6, 6.07) is 4.14. The van der Waals surface area contributed by atoms with Crippen LogP contribution in [0.4, 0.5) is 0 Å². The fourth-order valence-corrected chi connectivity index (χ4v) is 2.95. The molecule has 2 aromatic rings. The average Bonchev–Trinajstić information content (AvgIpc) is 3.08. The maximum atomic E-state index is 10.2. The van der Waals surface area contributed by atoms with Crippen molar-refractivity contribution in [2.45, 2.75) is 38.5 Å². The van der Waals surface area contributed by atoms with Crippen LogP contribution < -0.4 is 0 Å². The van der Waals surface area contributed by atoms with E-state index in [4.69, 9.17) is 4.42 Å². The lowest BCUT2D eigenvalue weighted by atomic mass is 10.0. The summed E-state index contributed by atoms with van der Waals surface area (Å²) in [5.41, 5.74) is 1.17. The second-order valence-electron chi connectivity index (χ2n) is 5.63. The van der Waals surface area contributed by atoms with Crippen LogP contribution in [0.15, 0.2) is 28.9 Å². The standard InChI is InChI=1S/C15H21N3O2/c1-11-3-4-13(20-11)10-18-6-5-15(19)14(18)7-12-8-16-17(2)9-12/h3-4,8-9,14-15,19H,5-7,10H2,1-2H3/t14-,15+/m1/s1. The first-order chi connectivity index (χ1) is 9.61. The van der Waals surface area contributed by atoms with Crippen molar-refractivity contribution >= 4 is 0 Å². The first kappa shape index (κ1) is 13.4. The highest BCUT2D eigenvalue weighted by atomic mass is 16.3. The summed E-state index contributed by atoms with van der Waals surface area (Å²) in [5, 5.41) is 14.4. The first-order valence-corrected chi connectivity index (χ1v) is 7.07. The van der Waals surface area contributed by atoms with Crippen molar-refractivity contribution < 1.29 is 9.52 Å². The van der Waals surface area contributed by atoms with Crippen molar-refractivity contribution in [1.29, 1.82) is 0 Å². The molecule has 0 radical (unpaired) electrons. The van der Waals surface area contributed by atoms with Gasteiger partial charge in [-0.05, 0) is 37.5 Å². The molecule has 0 unspecified atom stereocenters. The molecule has 1 aliphatic rings. The number of aliphatic hydroxyl groups excluding tert-OH is 1. The second-order valence-corrected chi connectivity index (χ2v) is 5.63. The topological polar surface area (TPSA) is 54.4 Å². The summed E-state index contributed by atoms with van der Waals surface area (Å²) in [7, 11) is 1.91. The number of likely N-dealkylation sites (tertiary alicyclic amines) is 1. The van der Waals surface area contributed by atoms with Crippen molar-refractivity contribution in [2.24, 2.45) is 7.05 Å². The van der Waals surface area contributed by atoms with Gasteiger partial charge in [0.15, 0.2) is 0 Å². The minimum atomic E-state index is -0.272. The van der Waals surface area contributed by atoms with E-state index in [1.165, 1.54) is 5.56 Å². The molecule has 2 atom stereocenters. The van der Waals surface area contributed by atoms with Gasteiger partial charge in [0.25, 0.3) is 0 Å². The van der Waals surface area contributed by atoms with Gasteiger partial charge in [0.05, 0.1) is 18.8 Å². The highest BCUT2D eigenvalue weighted by Gasteiger charge is 2.33. The average molecular weight is 275 g/mol. The third-order valence-corrected chi connectivity index (χ3v) is 3.98. The number of aryl methyl sites for hydroxylation is 2. The molecule has 0 bridgehead atoms. The molecular weight excluding hydrogens is 254 g/mol. The lowest BCUT2D eigenvalue weighted by Gasteiger charge is -2.24. The monoisotopic (exact) mass is 275 g/mol. The van der Waals surface area contributed by atoms with Crippen molar-refractivity contribution in [3.8, 4) is 0 Å².